The molecular formula is C13H22O6. The Morgan fingerprint density at radius 2 is 1.42 bits per heavy atom. The second kappa shape index (κ2) is 8.50. The first kappa shape index (κ1) is 17.4. The maximum atomic E-state index is 11.0. The number of unbranched alkanes of at least 4 members (excludes halogenated alkanes) is 1. The number of carbonyl (C=O) groups is 3. The molecule has 0 aliphatic heterocycles. The van der Waals surface area contributed by atoms with E-state index in [0.29, 0.717) is 25.7 Å². The molecule has 110 valence electrons. The average Bonchev–Trinajstić information content (AvgIpc) is 2.31. The summed E-state index contributed by atoms with van der Waals surface area (Å²) in [5.74, 6) is -5.32. The lowest BCUT2D eigenvalue weighted by Gasteiger charge is -2.16. The molecule has 0 aromatic heterocycles. The van der Waals surface area contributed by atoms with Gasteiger partial charge in [0.05, 0.1) is 17.8 Å². The van der Waals surface area contributed by atoms with E-state index in [-0.39, 0.29) is 6.42 Å². The highest BCUT2D eigenvalue weighted by Gasteiger charge is 2.29. The molecule has 0 aromatic carbocycles. The molecule has 6 nitrogen and oxygen atoms in total. The van der Waals surface area contributed by atoms with Gasteiger partial charge in [-0.25, -0.2) is 0 Å². The third-order valence-electron chi connectivity index (χ3n) is 3.47. The standard InChI is InChI=1S/C13H22O6/c1-3-9(12(16)17)6-4-5-7-10(13(18)19)8(2)11(14)15/h8-10H,3-7H2,1-2H3,(H,14,15)(H,16,17)(H,18,19). The van der Waals surface area contributed by atoms with Crippen LogP contribution in [0, 0.1) is 17.8 Å². The highest BCUT2D eigenvalue weighted by molar-refractivity contribution is 5.79. The average molecular weight is 274 g/mol. The number of hydrogen-bond donors (Lipinski definition) is 3. The van der Waals surface area contributed by atoms with Crippen molar-refractivity contribution in [2.75, 3.05) is 0 Å². The molecule has 0 saturated carbocycles. The van der Waals surface area contributed by atoms with Crippen molar-refractivity contribution in [1.82, 2.24) is 0 Å². The smallest absolute Gasteiger partial charge is 0.307 e. The van der Waals surface area contributed by atoms with Gasteiger partial charge in [0.15, 0.2) is 0 Å². The molecule has 0 amide bonds. The fraction of sp³-hybridized carbons (Fsp3) is 0.769. The van der Waals surface area contributed by atoms with Crippen molar-refractivity contribution >= 4 is 17.9 Å². The minimum absolute atomic E-state index is 0.263. The monoisotopic (exact) mass is 274 g/mol. The predicted molar refractivity (Wildman–Crippen MR) is 67.8 cm³/mol. The molecule has 3 N–H and O–H groups in total. The highest BCUT2D eigenvalue weighted by Crippen LogP contribution is 2.21. The summed E-state index contributed by atoms with van der Waals surface area (Å²) < 4.78 is 0. The van der Waals surface area contributed by atoms with E-state index < -0.39 is 35.7 Å². The fourth-order valence-electron chi connectivity index (χ4n) is 2.02. The highest BCUT2D eigenvalue weighted by atomic mass is 16.4. The molecule has 0 aliphatic carbocycles. The van der Waals surface area contributed by atoms with E-state index >= 15 is 0 Å². The summed E-state index contributed by atoms with van der Waals surface area (Å²) in [5.41, 5.74) is 0. The second-order valence-corrected chi connectivity index (χ2v) is 4.80. The Kier molecular flexibility index (Phi) is 7.79. The first-order valence-electron chi connectivity index (χ1n) is 6.49. The maximum absolute atomic E-state index is 11.0. The first-order chi connectivity index (χ1) is 8.81. The van der Waals surface area contributed by atoms with Crippen molar-refractivity contribution in [3.05, 3.63) is 0 Å². The molecular weight excluding hydrogens is 252 g/mol. The minimum Gasteiger partial charge on any atom is -0.481 e. The molecule has 3 unspecified atom stereocenters. The lowest BCUT2D eigenvalue weighted by Crippen LogP contribution is -2.27. The van der Waals surface area contributed by atoms with E-state index in [9.17, 15) is 14.4 Å². The topological polar surface area (TPSA) is 112 Å². The summed E-state index contributed by atoms with van der Waals surface area (Å²) in [4.78, 5) is 32.6. The predicted octanol–water partition coefficient (Wildman–Crippen LogP) is 2.08. The van der Waals surface area contributed by atoms with E-state index in [4.69, 9.17) is 15.3 Å². The van der Waals surface area contributed by atoms with Gasteiger partial charge in [-0.3, -0.25) is 14.4 Å². The van der Waals surface area contributed by atoms with Crippen LogP contribution < -0.4 is 0 Å². The van der Waals surface area contributed by atoms with Crippen molar-refractivity contribution in [2.24, 2.45) is 17.8 Å². The Balaban J connectivity index is 4.18. The number of hydrogen-bond acceptors (Lipinski definition) is 3. The SMILES string of the molecule is CCC(CCCCC(C(=O)O)C(C)C(=O)O)C(=O)O. The van der Waals surface area contributed by atoms with Crippen LogP contribution in [0.5, 0.6) is 0 Å². The Labute approximate surface area is 112 Å². The van der Waals surface area contributed by atoms with Gasteiger partial charge in [0, 0.05) is 0 Å². The van der Waals surface area contributed by atoms with Gasteiger partial charge in [-0.15, -0.1) is 0 Å². The molecule has 19 heavy (non-hydrogen) atoms. The number of carboxylic acids is 3. The van der Waals surface area contributed by atoms with E-state index in [2.05, 4.69) is 0 Å². The van der Waals surface area contributed by atoms with Crippen molar-refractivity contribution in [2.45, 2.75) is 46.0 Å². The lowest BCUT2D eigenvalue weighted by atomic mass is 9.88. The van der Waals surface area contributed by atoms with Gasteiger partial charge in [0.2, 0.25) is 0 Å². The van der Waals surface area contributed by atoms with Crippen molar-refractivity contribution in [3.63, 3.8) is 0 Å². The van der Waals surface area contributed by atoms with Gasteiger partial charge in [0.25, 0.3) is 0 Å². The molecule has 0 rings (SSSR count). The molecule has 0 heterocycles. The molecule has 0 fully saturated rings. The van der Waals surface area contributed by atoms with Gasteiger partial charge in [-0.05, 0) is 19.3 Å². The van der Waals surface area contributed by atoms with Crippen LogP contribution in [0.25, 0.3) is 0 Å². The number of rotatable bonds is 10. The van der Waals surface area contributed by atoms with Crippen molar-refractivity contribution in [3.8, 4) is 0 Å². The first-order valence-corrected chi connectivity index (χ1v) is 6.49. The fourth-order valence-corrected chi connectivity index (χ4v) is 2.02. The van der Waals surface area contributed by atoms with Gasteiger partial charge >= 0.3 is 17.9 Å². The van der Waals surface area contributed by atoms with Crippen LogP contribution in [0.1, 0.15) is 46.0 Å². The van der Waals surface area contributed by atoms with Crippen LogP contribution in [-0.2, 0) is 14.4 Å². The molecule has 6 heteroatoms. The Bertz CT molecular complexity index is 325. The van der Waals surface area contributed by atoms with Gasteiger partial charge < -0.3 is 15.3 Å². The zero-order valence-electron chi connectivity index (χ0n) is 11.3. The van der Waals surface area contributed by atoms with Crippen LogP contribution >= 0.6 is 0 Å². The molecule has 0 spiro atoms. The number of aliphatic carboxylic acids is 3. The third-order valence-corrected chi connectivity index (χ3v) is 3.47. The van der Waals surface area contributed by atoms with E-state index in [1.165, 1.54) is 6.92 Å². The molecule has 0 saturated heterocycles. The summed E-state index contributed by atoms with van der Waals surface area (Å²) in [7, 11) is 0. The van der Waals surface area contributed by atoms with E-state index in [1.807, 2.05) is 0 Å². The van der Waals surface area contributed by atoms with Crippen molar-refractivity contribution in [1.29, 1.82) is 0 Å². The Morgan fingerprint density at radius 1 is 0.895 bits per heavy atom. The largest absolute Gasteiger partial charge is 0.481 e. The summed E-state index contributed by atoms with van der Waals surface area (Å²) in [6, 6.07) is 0. The van der Waals surface area contributed by atoms with Crippen LogP contribution in [0.2, 0.25) is 0 Å². The number of carboxylic acid groups (broad SMARTS) is 3. The molecule has 0 aliphatic rings. The summed E-state index contributed by atoms with van der Waals surface area (Å²) in [6.45, 7) is 3.18. The van der Waals surface area contributed by atoms with Gasteiger partial charge in [-0.2, -0.15) is 0 Å². The van der Waals surface area contributed by atoms with Crippen LogP contribution in [0.4, 0.5) is 0 Å². The zero-order chi connectivity index (χ0) is 15.0. The quantitative estimate of drug-likeness (QED) is 0.526. The van der Waals surface area contributed by atoms with Crippen LogP contribution in [-0.4, -0.2) is 33.2 Å². The van der Waals surface area contributed by atoms with Gasteiger partial charge in [0.1, 0.15) is 0 Å². The van der Waals surface area contributed by atoms with E-state index in [1.54, 1.807) is 6.92 Å². The van der Waals surface area contributed by atoms with Crippen LogP contribution in [0.15, 0.2) is 0 Å². The molecule has 3 atom stereocenters. The second-order valence-electron chi connectivity index (χ2n) is 4.80. The van der Waals surface area contributed by atoms with Crippen LogP contribution in [0.3, 0.4) is 0 Å². The maximum Gasteiger partial charge on any atom is 0.307 e. The summed E-state index contributed by atoms with van der Waals surface area (Å²) >= 11 is 0. The normalized spacial score (nSPS) is 15.5. The van der Waals surface area contributed by atoms with Crippen molar-refractivity contribution < 1.29 is 29.7 Å². The minimum atomic E-state index is -1.12. The van der Waals surface area contributed by atoms with Gasteiger partial charge in [-0.1, -0.05) is 26.7 Å². The zero-order valence-corrected chi connectivity index (χ0v) is 11.3. The van der Waals surface area contributed by atoms with E-state index in [0.717, 1.165) is 0 Å². The summed E-state index contributed by atoms with van der Waals surface area (Å²) in [6.07, 6.45) is 2.43. The lowest BCUT2D eigenvalue weighted by molar-refractivity contribution is -0.153. The Hall–Kier alpha value is -1.59. The molecule has 0 aromatic rings. The Morgan fingerprint density at radius 3 is 1.79 bits per heavy atom. The summed E-state index contributed by atoms with van der Waals surface area (Å²) in [5, 5.41) is 26.7. The molecule has 0 radical (unpaired) electrons. The third kappa shape index (κ3) is 6.22. The molecule has 0 bridgehead atoms.